The van der Waals surface area contributed by atoms with Crippen molar-refractivity contribution in [2.24, 2.45) is 0 Å². The summed E-state index contributed by atoms with van der Waals surface area (Å²) in [5.74, 6) is 2.27. The van der Waals surface area contributed by atoms with Crippen molar-refractivity contribution in [2.45, 2.75) is 26.7 Å². The van der Waals surface area contributed by atoms with E-state index in [1.807, 2.05) is 30.5 Å². The van der Waals surface area contributed by atoms with Crippen LogP contribution in [0.25, 0.3) is 5.65 Å². The van der Waals surface area contributed by atoms with E-state index in [9.17, 15) is 9.59 Å². The number of aryl methyl sites for hydroxylation is 2. The van der Waals surface area contributed by atoms with Gasteiger partial charge in [0.25, 0.3) is 5.56 Å². The van der Waals surface area contributed by atoms with E-state index in [2.05, 4.69) is 10.1 Å². The van der Waals surface area contributed by atoms with Crippen LogP contribution >= 0.6 is 11.8 Å². The number of fused-ring (bicyclic) bond motifs is 1. The fourth-order valence-corrected chi connectivity index (χ4v) is 3.76. The standard InChI is InChI=1S/C15H20N4O2S/c1-10-12(8-15(21)18-4-3-6-22-7-5-18)11(2)19-13(16-10)9-14(20)17-19/h9H,3-8H2,1-2H3,(H,17,20). The van der Waals surface area contributed by atoms with Crippen molar-refractivity contribution in [2.75, 3.05) is 24.6 Å². The molecule has 1 fully saturated rings. The molecule has 1 amide bonds. The van der Waals surface area contributed by atoms with Crippen molar-refractivity contribution in [1.82, 2.24) is 19.5 Å². The molecule has 3 rings (SSSR count). The van der Waals surface area contributed by atoms with Crippen LogP contribution in [0.1, 0.15) is 23.4 Å². The van der Waals surface area contributed by atoms with Crippen LogP contribution < -0.4 is 5.56 Å². The molecule has 22 heavy (non-hydrogen) atoms. The molecule has 1 aliphatic heterocycles. The van der Waals surface area contributed by atoms with Crippen molar-refractivity contribution >= 4 is 23.3 Å². The Morgan fingerprint density at radius 2 is 2.18 bits per heavy atom. The van der Waals surface area contributed by atoms with E-state index in [1.54, 1.807) is 4.52 Å². The second-order valence-electron chi connectivity index (χ2n) is 5.60. The monoisotopic (exact) mass is 320 g/mol. The summed E-state index contributed by atoms with van der Waals surface area (Å²) in [5, 5.41) is 2.73. The highest BCUT2D eigenvalue weighted by molar-refractivity contribution is 7.99. The molecule has 118 valence electrons. The van der Waals surface area contributed by atoms with Crippen molar-refractivity contribution in [3.63, 3.8) is 0 Å². The van der Waals surface area contributed by atoms with E-state index in [4.69, 9.17) is 0 Å². The normalized spacial score (nSPS) is 16.0. The summed E-state index contributed by atoms with van der Waals surface area (Å²) in [7, 11) is 0. The molecule has 0 spiro atoms. The maximum atomic E-state index is 12.6. The molecule has 3 heterocycles. The zero-order chi connectivity index (χ0) is 15.7. The maximum absolute atomic E-state index is 12.6. The summed E-state index contributed by atoms with van der Waals surface area (Å²) < 4.78 is 1.66. The number of H-pyrrole nitrogens is 1. The molecule has 7 heteroatoms. The molecule has 0 saturated carbocycles. The van der Waals surface area contributed by atoms with Gasteiger partial charge in [0.05, 0.1) is 6.42 Å². The van der Waals surface area contributed by atoms with Crippen molar-refractivity contribution in [3.8, 4) is 0 Å². The number of thioether (sulfide) groups is 1. The van der Waals surface area contributed by atoms with E-state index in [0.717, 1.165) is 48.0 Å². The summed E-state index contributed by atoms with van der Waals surface area (Å²) in [5.41, 5.74) is 3.02. The number of amides is 1. The molecular weight excluding hydrogens is 300 g/mol. The number of rotatable bonds is 2. The maximum Gasteiger partial charge on any atom is 0.266 e. The number of hydrogen-bond donors (Lipinski definition) is 1. The molecule has 1 saturated heterocycles. The first-order valence-corrected chi connectivity index (χ1v) is 8.65. The number of hydrogen-bond acceptors (Lipinski definition) is 4. The fourth-order valence-electron chi connectivity index (χ4n) is 2.87. The van der Waals surface area contributed by atoms with Gasteiger partial charge in [-0.1, -0.05) is 0 Å². The third-order valence-corrected chi connectivity index (χ3v) is 5.15. The Balaban J connectivity index is 1.89. The first kappa shape index (κ1) is 15.1. The number of carbonyl (C=O) groups is 1. The van der Waals surface area contributed by atoms with Crippen molar-refractivity contribution in [3.05, 3.63) is 33.4 Å². The average molecular weight is 320 g/mol. The van der Waals surface area contributed by atoms with Crippen LogP contribution in [0.4, 0.5) is 0 Å². The molecular formula is C15H20N4O2S. The molecule has 0 aromatic carbocycles. The van der Waals surface area contributed by atoms with Crippen LogP contribution in [0.3, 0.4) is 0 Å². The average Bonchev–Trinajstić information content (AvgIpc) is 2.70. The van der Waals surface area contributed by atoms with E-state index in [-0.39, 0.29) is 11.5 Å². The highest BCUT2D eigenvalue weighted by atomic mass is 32.2. The molecule has 2 aromatic rings. The molecule has 0 bridgehead atoms. The Hall–Kier alpha value is -1.76. The van der Waals surface area contributed by atoms with E-state index >= 15 is 0 Å². The molecule has 0 unspecified atom stereocenters. The zero-order valence-corrected chi connectivity index (χ0v) is 13.7. The molecule has 0 radical (unpaired) electrons. The van der Waals surface area contributed by atoms with E-state index < -0.39 is 0 Å². The van der Waals surface area contributed by atoms with Gasteiger partial charge in [-0.05, 0) is 26.0 Å². The lowest BCUT2D eigenvalue weighted by molar-refractivity contribution is -0.130. The summed E-state index contributed by atoms with van der Waals surface area (Å²) in [6.45, 7) is 5.46. The van der Waals surface area contributed by atoms with Gasteiger partial charge in [0, 0.05) is 41.9 Å². The van der Waals surface area contributed by atoms with Crippen LogP contribution in [-0.2, 0) is 11.2 Å². The highest BCUT2D eigenvalue weighted by Crippen LogP contribution is 2.16. The Morgan fingerprint density at radius 3 is 3.00 bits per heavy atom. The van der Waals surface area contributed by atoms with Crippen LogP contribution in [0.15, 0.2) is 10.9 Å². The van der Waals surface area contributed by atoms with Crippen LogP contribution in [0, 0.1) is 13.8 Å². The van der Waals surface area contributed by atoms with Gasteiger partial charge in [-0.2, -0.15) is 11.8 Å². The molecule has 6 nitrogen and oxygen atoms in total. The predicted octanol–water partition coefficient (Wildman–Crippen LogP) is 1.15. The number of aromatic amines is 1. The molecule has 1 aliphatic rings. The summed E-state index contributed by atoms with van der Waals surface area (Å²) in [6.07, 6.45) is 1.39. The number of carbonyl (C=O) groups excluding carboxylic acids is 1. The van der Waals surface area contributed by atoms with Gasteiger partial charge in [0.15, 0.2) is 5.65 Å². The minimum Gasteiger partial charge on any atom is -0.342 e. The second-order valence-corrected chi connectivity index (χ2v) is 6.82. The molecule has 0 atom stereocenters. The van der Waals surface area contributed by atoms with Gasteiger partial charge in [0.2, 0.25) is 5.91 Å². The van der Waals surface area contributed by atoms with Gasteiger partial charge in [0.1, 0.15) is 0 Å². The minimum atomic E-state index is -0.178. The third kappa shape index (κ3) is 2.90. The Kier molecular flexibility index (Phi) is 4.24. The van der Waals surface area contributed by atoms with Gasteiger partial charge in [-0.25, -0.2) is 9.50 Å². The van der Waals surface area contributed by atoms with Gasteiger partial charge >= 0.3 is 0 Å². The summed E-state index contributed by atoms with van der Waals surface area (Å²) in [4.78, 5) is 30.4. The minimum absolute atomic E-state index is 0.143. The largest absolute Gasteiger partial charge is 0.342 e. The van der Waals surface area contributed by atoms with Crippen molar-refractivity contribution in [1.29, 1.82) is 0 Å². The lowest BCUT2D eigenvalue weighted by Crippen LogP contribution is -2.34. The van der Waals surface area contributed by atoms with Crippen LogP contribution in [0.5, 0.6) is 0 Å². The smallest absolute Gasteiger partial charge is 0.266 e. The van der Waals surface area contributed by atoms with Crippen LogP contribution in [-0.4, -0.2) is 50.0 Å². The van der Waals surface area contributed by atoms with E-state index in [1.165, 1.54) is 6.07 Å². The Bertz CT molecular complexity index is 757. The lowest BCUT2D eigenvalue weighted by atomic mass is 10.1. The van der Waals surface area contributed by atoms with Gasteiger partial charge < -0.3 is 4.90 Å². The number of nitrogens with zero attached hydrogens (tertiary/aromatic N) is 3. The molecule has 1 N–H and O–H groups in total. The lowest BCUT2D eigenvalue weighted by Gasteiger charge is -2.21. The quantitative estimate of drug-likeness (QED) is 0.901. The first-order chi connectivity index (χ1) is 10.6. The van der Waals surface area contributed by atoms with Gasteiger partial charge in [-0.15, -0.1) is 0 Å². The number of aromatic nitrogens is 3. The SMILES string of the molecule is Cc1nc2cc(=O)[nH]n2c(C)c1CC(=O)N1CCCSCC1. The second kappa shape index (κ2) is 6.16. The third-order valence-electron chi connectivity index (χ3n) is 4.11. The van der Waals surface area contributed by atoms with Crippen LogP contribution in [0.2, 0.25) is 0 Å². The summed E-state index contributed by atoms with van der Waals surface area (Å²) >= 11 is 1.90. The molecule has 2 aromatic heterocycles. The first-order valence-electron chi connectivity index (χ1n) is 7.49. The highest BCUT2D eigenvalue weighted by Gasteiger charge is 2.19. The number of nitrogens with one attached hydrogen (secondary N) is 1. The fraction of sp³-hybridized carbons (Fsp3) is 0.533. The molecule has 0 aliphatic carbocycles. The van der Waals surface area contributed by atoms with Gasteiger partial charge in [-0.3, -0.25) is 14.7 Å². The zero-order valence-electron chi connectivity index (χ0n) is 12.9. The predicted molar refractivity (Wildman–Crippen MR) is 87.5 cm³/mol. The van der Waals surface area contributed by atoms with Crippen molar-refractivity contribution < 1.29 is 4.79 Å². The topological polar surface area (TPSA) is 70.5 Å². The Morgan fingerprint density at radius 1 is 1.36 bits per heavy atom. The van der Waals surface area contributed by atoms with E-state index in [0.29, 0.717) is 12.1 Å². The Labute approximate surface area is 132 Å². The summed E-state index contributed by atoms with van der Waals surface area (Å²) in [6, 6.07) is 1.47.